The van der Waals surface area contributed by atoms with Gasteiger partial charge < -0.3 is 0 Å². The molecular formula is C33H22N4. The summed E-state index contributed by atoms with van der Waals surface area (Å²) in [6, 6.07) is 37.4. The number of pyridine rings is 2. The van der Waals surface area contributed by atoms with Crippen LogP contribution in [0.5, 0.6) is 0 Å². The molecule has 0 fully saturated rings. The normalized spacial score (nSPS) is 12.9. The van der Waals surface area contributed by atoms with Gasteiger partial charge in [-0.25, -0.2) is 15.0 Å². The quantitative estimate of drug-likeness (QED) is 0.242. The van der Waals surface area contributed by atoms with Gasteiger partial charge in [-0.15, -0.1) is 0 Å². The number of fused-ring (bicyclic) bond motifs is 4. The predicted octanol–water partition coefficient (Wildman–Crippen LogP) is 8.04. The fourth-order valence-corrected chi connectivity index (χ4v) is 4.77. The first-order valence-corrected chi connectivity index (χ1v) is 12.1. The smallest absolute Gasteiger partial charge is 0.160 e. The third kappa shape index (κ3) is 3.80. The largest absolute Gasteiger partial charge is 0.251 e. The Balaban J connectivity index is 1.37. The second kappa shape index (κ2) is 8.61. The minimum atomic E-state index is -2.29. The Labute approximate surface area is 218 Å². The fourth-order valence-electron chi connectivity index (χ4n) is 4.77. The molecule has 4 heteroatoms. The van der Waals surface area contributed by atoms with Crippen molar-refractivity contribution in [2.24, 2.45) is 0 Å². The number of nitrogens with zero attached hydrogens (tertiary/aromatic N) is 4. The van der Waals surface area contributed by atoms with Gasteiger partial charge in [0.2, 0.25) is 0 Å². The maximum absolute atomic E-state index is 7.80. The molecule has 0 radical (unpaired) electrons. The Morgan fingerprint density at radius 1 is 0.541 bits per heavy atom. The molecule has 3 aromatic heterocycles. The fraction of sp³-hybridized carbons (Fsp3) is 0.0303. The van der Waals surface area contributed by atoms with E-state index in [0.717, 1.165) is 49.8 Å². The van der Waals surface area contributed by atoms with Gasteiger partial charge in [0, 0.05) is 42.7 Å². The molecular weight excluding hydrogens is 452 g/mol. The van der Waals surface area contributed by atoms with Gasteiger partial charge in [0.05, 0.1) is 27.9 Å². The van der Waals surface area contributed by atoms with E-state index in [4.69, 9.17) is 19.1 Å². The molecule has 4 aromatic carbocycles. The molecule has 7 rings (SSSR count). The summed E-state index contributed by atoms with van der Waals surface area (Å²) in [7, 11) is 0. The van der Waals surface area contributed by atoms with Crippen molar-refractivity contribution >= 4 is 32.7 Å². The summed E-state index contributed by atoms with van der Waals surface area (Å²) in [5.74, 6) is 0.634. The van der Waals surface area contributed by atoms with E-state index in [1.807, 2.05) is 91.0 Å². The van der Waals surface area contributed by atoms with Gasteiger partial charge in [-0.3, -0.25) is 4.98 Å². The Hall–Kier alpha value is -4.96. The van der Waals surface area contributed by atoms with Gasteiger partial charge >= 0.3 is 0 Å². The summed E-state index contributed by atoms with van der Waals surface area (Å²) >= 11 is 0. The van der Waals surface area contributed by atoms with E-state index in [9.17, 15) is 0 Å². The highest BCUT2D eigenvalue weighted by Gasteiger charge is 2.13. The van der Waals surface area contributed by atoms with Crippen LogP contribution in [0.1, 0.15) is 9.81 Å². The Morgan fingerprint density at radius 3 is 2.11 bits per heavy atom. The lowest BCUT2D eigenvalue weighted by atomic mass is 10.0. The Morgan fingerprint density at radius 2 is 1.24 bits per heavy atom. The molecule has 4 nitrogen and oxygen atoms in total. The SMILES string of the molecule is [2H]C([2H])([2H])c1ccc2ccc3ccc(-c4cccc(-c5nc(-c6ccccc6)c6ccccc6n5)c4)nc3c2n1. The molecule has 0 amide bonds. The molecule has 0 aliphatic heterocycles. The summed E-state index contributed by atoms with van der Waals surface area (Å²) in [5.41, 5.74) is 6.64. The molecule has 0 bridgehead atoms. The third-order valence-corrected chi connectivity index (χ3v) is 6.59. The standard InChI is InChI=1S/C33H22N4/c1-21-14-15-23-16-17-24-18-19-28(35-32(24)31(23)34-21)25-10-7-11-26(20-25)33-36-29-13-6-5-12-27(29)30(37-33)22-8-3-2-4-9-22/h2-20H,1H3/i1D3. The average molecular weight is 478 g/mol. The van der Waals surface area contributed by atoms with Crippen LogP contribution in [-0.4, -0.2) is 19.9 Å². The van der Waals surface area contributed by atoms with E-state index in [0.29, 0.717) is 16.9 Å². The van der Waals surface area contributed by atoms with Crippen LogP contribution in [0.4, 0.5) is 0 Å². The Bertz CT molecular complexity index is 2050. The van der Waals surface area contributed by atoms with Gasteiger partial charge in [-0.1, -0.05) is 91.0 Å². The molecule has 0 spiro atoms. The molecule has 3 heterocycles. The lowest BCUT2D eigenvalue weighted by Crippen LogP contribution is -1.95. The van der Waals surface area contributed by atoms with Crippen molar-refractivity contribution in [1.29, 1.82) is 0 Å². The highest BCUT2D eigenvalue weighted by Crippen LogP contribution is 2.31. The number of hydrogen-bond donors (Lipinski definition) is 0. The van der Waals surface area contributed by atoms with Crippen LogP contribution in [0.3, 0.4) is 0 Å². The van der Waals surface area contributed by atoms with Crippen LogP contribution in [-0.2, 0) is 0 Å². The summed E-state index contributed by atoms with van der Waals surface area (Å²) in [4.78, 5) is 19.4. The van der Waals surface area contributed by atoms with Gasteiger partial charge in [0.15, 0.2) is 5.82 Å². The number of aromatic nitrogens is 4. The summed E-state index contributed by atoms with van der Waals surface area (Å²) in [5, 5.41) is 2.74. The first-order chi connectivity index (χ1) is 19.4. The lowest BCUT2D eigenvalue weighted by molar-refractivity contribution is 1.23. The molecule has 0 N–H and O–H groups in total. The van der Waals surface area contributed by atoms with Gasteiger partial charge in [0.25, 0.3) is 0 Å². The second-order valence-corrected chi connectivity index (χ2v) is 8.96. The van der Waals surface area contributed by atoms with E-state index in [2.05, 4.69) is 17.1 Å². The second-order valence-electron chi connectivity index (χ2n) is 8.96. The van der Waals surface area contributed by atoms with Crippen LogP contribution in [0.2, 0.25) is 0 Å². The van der Waals surface area contributed by atoms with Crippen LogP contribution in [0.15, 0.2) is 115 Å². The molecule has 0 aliphatic rings. The number of rotatable bonds is 3. The van der Waals surface area contributed by atoms with Gasteiger partial charge in [0.1, 0.15) is 0 Å². The zero-order valence-corrected chi connectivity index (χ0v) is 19.8. The van der Waals surface area contributed by atoms with E-state index in [-0.39, 0.29) is 5.69 Å². The molecule has 0 saturated carbocycles. The summed E-state index contributed by atoms with van der Waals surface area (Å²) in [6.45, 7) is -2.29. The predicted molar refractivity (Wildman–Crippen MR) is 151 cm³/mol. The van der Waals surface area contributed by atoms with Gasteiger partial charge in [-0.2, -0.15) is 0 Å². The Kier molecular flexibility index (Phi) is 4.26. The van der Waals surface area contributed by atoms with E-state index >= 15 is 0 Å². The van der Waals surface area contributed by atoms with E-state index in [1.54, 1.807) is 12.1 Å². The van der Waals surface area contributed by atoms with E-state index in [1.165, 1.54) is 0 Å². The van der Waals surface area contributed by atoms with E-state index < -0.39 is 6.85 Å². The molecule has 174 valence electrons. The monoisotopic (exact) mass is 477 g/mol. The molecule has 0 atom stereocenters. The molecule has 0 unspecified atom stereocenters. The maximum Gasteiger partial charge on any atom is 0.160 e. The highest BCUT2D eigenvalue weighted by atomic mass is 14.9. The zero-order chi connectivity index (χ0) is 27.3. The average Bonchev–Trinajstić information content (AvgIpc) is 3.00. The van der Waals surface area contributed by atoms with Crippen molar-refractivity contribution in [1.82, 2.24) is 19.9 Å². The highest BCUT2D eigenvalue weighted by molar-refractivity contribution is 6.03. The molecule has 0 aliphatic carbocycles. The van der Waals surface area contributed by atoms with Crippen molar-refractivity contribution in [3.05, 3.63) is 121 Å². The number of benzene rings is 4. The first kappa shape index (κ1) is 18.3. The van der Waals surface area contributed by atoms with Crippen molar-refractivity contribution in [2.75, 3.05) is 0 Å². The van der Waals surface area contributed by atoms with Crippen molar-refractivity contribution < 1.29 is 4.11 Å². The number of aryl methyl sites for hydroxylation is 1. The van der Waals surface area contributed by atoms with Crippen LogP contribution >= 0.6 is 0 Å². The van der Waals surface area contributed by atoms with Crippen molar-refractivity contribution in [3.8, 4) is 33.9 Å². The minimum absolute atomic E-state index is 0.0596. The summed E-state index contributed by atoms with van der Waals surface area (Å²) in [6.07, 6.45) is 0. The zero-order valence-electron chi connectivity index (χ0n) is 22.8. The first-order valence-electron chi connectivity index (χ1n) is 13.6. The summed E-state index contributed by atoms with van der Waals surface area (Å²) < 4.78 is 23.4. The molecule has 0 saturated heterocycles. The van der Waals surface area contributed by atoms with Gasteiger partial charge in [-0.05, 0) is 31.1 Å². The topological polar surface area (TPSA) is 51.6 Å². The van der Waals surface area contributed by atoms with Crippen LogP contribution in [0.25, 0.3) is 66.6 Å². The van der Waals surface area contributed by atoms with Crippen LogP contribution < -0.4 is 0 Å². The molecule has 7 aromatic rings. The molecule has 37 heavy (non-hydrogen) atoms. The minimum Gasteiger partial charge on any atom is -0.251 e. The maximum atomic E-state index is 7.80. The third-order valence-electron chi connectivity index (χ3n) is 6.59. The van der Waals surface area contributed by atoms with Crippen LogP contribution in [0, 0.1) is 6.85 Å². The van der Waals surface area contributed by atoms with Crippen molar-refractivity contribution in [3.63, 3.8) is 0 Å². The lowest BCUT2D eigenvalue weighted by Gasteiger charge is -2.11. The van der Waals surface area contributed by atoms with Crippen molar-refractivity contribution in [2.45, 2.75) is 6.85 Å². The number of para-hydroxylation sites is 1. The number of hydrogen-bond acceptors (Lipinski definition) is 4.